The van der Waals surface area contributed by atoms with Gasteiger partial charge in [-0.05, 0) is 19.1 Å². The monoisotopic (exact) mass is 283 g/mol. The molecule has 0 atom stereocenters. The smallest absolute Gasteiger partial charge is 0.383 e. The van der Waals surface area contributed by atoms with Gasteiger partial charge in [0.2, 0.25) is 0 Å². The molecule has 0 spiro atoms. The van der Waals surface area contributed by atoms with Gasteiger partial charge in [-0.1, -0.05) is 12.1 Å². The van der Waals surface area contributed by atoms with Crippen LogP contribution in [0.25, 0.3) is 0 Å². The first-order chi connectivity index (χ1) is 9.21. The molecule has 0 fully saturated rings. The number of nitrogen functional groups attached to an aromatic ring is 1. The molecule has 0 radical (unpaired) electrons. The lowest BCUT2D eigenvalue weighted by Gasteiger charge is -2.08. The van der Waals surface area contributed by atoms with Crippen LogP contribution < -0.4 is 5.73 Å². The van der Waals surface area contributed by atoms with Gasteiger partial charge in [-0.15, -0.1) is 0 Å². The van der Waals surface area contributed by atoms with Crippen molar-refractivity contribution in [3.63, 3.8) is 0 Å². The third-order valence-corrected chi connectivity index (χ3v) is 2.95. The molecule has 2 aromatic rings. The Morgan fingerprint density at radius 3 is 2.50 bits per heavy atom. The molecule has 0 amide bonds. The van der Waals surface area contributed by atoms with E-state index in [0.717, 1.165) is 12.1 Å². The normalized spacial score (nSPS) is 11.7. The summed E-state index contributed by atoms with van der Waals surface area (Å²) in [5.74, 6) is -0.441. The van der Waals surface area contributed by atoms with Crippen LogP contribution in [0.1, 0.15) is 27.2 Å². The van der Waals surface area contributed by atoms with E-state index in [9.17, 15) is 18.0 Å². The van der Waals surface area contributed by atoms with Crippen molar-refractivity contribution in [2.45, 2.75) is 13.1 Å². The molecule has 2 rings (SSSR count). The summed E-state index contributed by atoms with van der Waals surface area (Å²) < 4.78 is 39.2. The van der Waals surface area contributed by atoms with Crippen molar-refractivity contribution in [2.24, 2.45) is 7.05 Å². The quantitative estimate of drug-likeness (QED) is 0.862. The topological polar surface area (TPSA) is 60.9 Å². The van der Waals surface area contributed by atoms with Crippen LogP contribution in [0.15, 0.2) is 24.3 Å². The lowest BCUT2D eigenvalue weighted by molar-refractivity contribution is -0.137. The summed E-state index contributed by atoms with van der Waals surface area (Å²) >= 11 is 0. The van der Waals surface area contributed by atoms with Crippen LogP contribution in [0.2, 0.25) is 0 Å². The Labute approximate surface area is 113 Å². The van der Waals surface area contributed by atoms with Crippen LogP contribution in [-0.2, 0) is 13.2 Å². The number of aromatic nitrogens is 2. The lowest BCUT2D eigenvalue weighted by Crippen LogP contribution is -2.10. The molecular formula is C13H12F3N3O. The van der Waals surface area contributed by atoms with Gasteiger partial charge in [0.1, 0.15) is 5.82 Å². The molecule has 0 saturated heterocycles. The number of alkyl halides is 3. The van der Waals surface area contributed by atoms with Crippen molar-refractivity contribution < 1.29 is 18.0 Å². The zero-order valence-corrected chi connectivity index (χ0v) is 10.8. The average Bonchev–Trinajstić information content (AvgIpc) is 2.62. The van der Waals surface area contributed by atoms with Gasteiger partial charge in [0.25, 0.3) is 0 Å². The minimum atomic E-state index is -4.49. The van der Waals surface area contributed by atoms with Crippen LogP contribution >= 0.6 is 0 Å². The Kier molecular flexibility index (Phi) is 3.29. The molecule has 0 saturated carbocycles. The predicted octanol–water partition coefficient (Wildman–Crippen LogP) is 2.56. The highest BCUT2D eigenvalue weighted by Crippen LogP contribution is 2.30. The van der Waals surface area contributed by atoms with Gasteiger partial charge in [-0.2, -0.15) is 18.3 Å². The second-order valence-electron chi connectivity index (χ2n) is 4.38. The van der Waals surface area contributed by atoms with E-state index in [4.69, 9.17) is 5.73 Å². The molecule has 7 heteroatoms. The summed E-state index contributed by atoms with van der Waals surface area (Å²) in [7, 11) is 1.56. The number of hydrogen-bond donors (Lipinski definition) is 1. The van der Waals surface area contributed by atoms with Gasteiger partial charge in [0.15, 0.2) is 5.78 Å². The van der Waals surface area contributed by atoms with E-state index in [2.05, 4.69) is 5.10 Å². The predicted molar refractivity (Wildman–Crippen MR) is 67.2 cm³/mol. The fraction of sp³-hybridized carbons (Fsp3) is 0.231. The molecule has 0 bridgehead atoms. The SMILES string of the molecule is Cc1nn(C)c(N)c1C(=O)c1cccc(C(F)(F)F)c1. The van der Waals surface area contributed by atoms with E-state index in [1.54, 1.807) is 14.0 Å². The molecule has 1 heterocycles. The summed E-state index contributed by atoms with van der Waals surface area (Å²) in [6, 6.07) is 4.24. The minimum absolute atomic E-state index is 0.0670. The second-order valence-corrected chi connectivity index (χ2v) is 4.38. The summed E-state index contributed by atoms with van der Waals surface area (Å²) in [6.45, 7) is 1.58. The Morgan fingerprint density at radius 1 is 1.35 bits per heavy atom. The Balaban J connectivity index is 2.49. The first kappa shape index (κ1) is 14.1. The van der Waals surface area contributed by atoms with E-state index in [1.165, 1.54) is 16.8 Å². The number of anilines is 1. The van der Waals surface area contributed by atoms with Crippen LogP contribution in [0.3, 0.4) is 0 Å². The second kappa shape index (κ2) is 4.66. The first-order valence-corrected chi connectivity index (χ1v) is 5.73. The number of rotatable bonds is 2. The summed E-state index contributed by atoms with van der Waals surface area (Å²) in [5, 5.41) is 3.98. The van der Waals surface area contributed by atoms with Gasteiger partial charge in [0, 0.05) is 12.6 Å². The molecule has 1 aromatic carbocycles. The molecule has 0 unspecified atom stereocenters. The number of hydrogen-bond acceptors (Lipinski definition) is 3. The fourth-order valence-electron chi connectivity index (χ4n) is 1.94. The highest BCUT2D eigenvalue weighted by Gasteiger charge is 2.31. The summed E-state index contributed by atoms with van der Waals surface area (Å²) in [4.78, 5) is 12.3. The molecular weight excluding hydrogens is 271 g/mol. The van der Waals surface area contributed by atoms with Crippen molar-refractivity contribution in [3.8, 4) is 0 Å². The Hall–Kier alpha value is -2.31. The number of halogens is 3. The first-order valence-electron chi connectivity index (χ1n) is 5.73. The molecule has 1 aromatic heterocycles. The molecule has 0 aliphatic carbocycles. The van der Waals surface area contributed by atoms with Gasteiger partial charge in [-0.25, -0.2) is 0 Å². The molecule has 0 aliphatic heterocycles. The standard InChI is InChI=1S/C13H12F3N3O/c1-7-10(12(17)19(2)18-7)11(20)8-4-3-5-9(6-8)13(14,15)16/h3-6H,17H2,1-2H3. The highest BCUT2D eigenvalue weighted by molar-refractivity contribution is 6.12. The van der Waals surface area contributed by atoms with E-state index >= 15 is 0 Å². The van der Waals surface area contributed by atoms with Crippen LogP contribution in [-0.4, -0.2) is 15.6 Å². The maximum atomic E-state index is 12.6. The van der Waals surface area contributed by atoms with E-state index < -0.39 is 17.5 Å². The van der Waals surface area contributed by atoms with Crippen LogP contribution in [0.5, 0.6) is 0 Å². The van der Waals surface area contributed by atoms with Crippen molar-refractivity contribution >= 4 is 11.6 Å². The van der Waals surface area contributed by atoms with E-state index in [0.29, 0.717) is 5.69 Å². The fourth-order valence-corrected chi connectivity index (χ4v) is 1.94. The average molecular weight is 283 g/mol. The third kappa shape index (κ3) is 2.38. The minimum Gasteiger partial charge on any atom is -0.383 e. The zero-order chi connectivity index (χ0) is 15.1. The van der Waals surface area contributed by atoms with E-state index in [-0.39, 0.29) is 16.9 Å². The van der Waals surface area contributed by atoms with Crippen molar-refractivity contribution in [2.75, 3.05) is 5.73 Å². The van der Waals surface area contributed by atoms with Gasteiger partial charge in [-0.3, -0.25) is 9.48 Å². The molecule has 4 nitrogen and oxygen atoms in total. The molecule has 106 valence electrons. The maximum absolute atomic E-state index is 12.6. The van der Waals surface area contributed by atoms with Gasteiger partial charge >= 0.3 is 6.18 Å². The Morgan fingerprint density at radius 2 is 2.00 bits per heavy atom. The number of carbonyl (C=O) groups excluding carboxylic acids is 1. The summed E-state index contributed by atoms with van der Waals surface area (Å²) in [6.07, 6.45) is -4.49. The number of nitrogens with two attached hydrogens (primary N) is 1. The highest BCUT2D eigenvalue weighted by atomic mass is 19.4. The zero-order valence-electron chi connectivity index (χ0n) is 10.8. The number of aryl methyl sites for hydroxylation is 2. The summed E-state index contributed by atoms with van der Waals surface area (Å²) in [5.41, 5.74) is 5.30. The van der Waals surface area contributed by atoms with Crippen molar-refractivity contribution in [1.82, 2.24) is 9.78 Å². The molecule has 0 aliphatic rings. The van der Waals surface area contributed by atoms with Crippen LogP contribution in [0.4, 0.5) is 19.0 Å². The van der Waals surface area contributed by atoms with Crippen molar-refractivity contribution in [1.29, 1.82) is 0 Å². The number of ketones is 1. The maximum Gasteiger partial charge on any atom is 0.416 e. The number of benzene rings is 1. The van der Waals surface area contributed by atoms with Gasteiger partial charge < -0.3 is 5.73 Å². The molecule has 2 N–H and O–H groups in total. The number of carbonyl (C=O) groups is 1. The van der Waals surface area contributed by atoms with Crippen molar-refractivity contribution in [3.05, 3.63) is 46.6 Å². The molecule has 20 heavy (non-hydrogen) atoms. The Bertz CT molecular complexity index is 674. The van der Waals surface area contributed by atoms with Crippen LogP contribution in [0, 0.1) is 6.92 Å². The van der Waals surface area contributed by atoms with E-state index in [1.807, 2.05) is 0 Å². The third-order valence-electron chi connectivity index (χ3n) is 2.95. The largest absolute Gasteiger partial charge is 0.416 e. The number of nitrogens with zero attached hydrogens (tertiary/aromatic N) is 2. The lowest BCUT2D eigenvalue weighted by atomic mass is 10.0. The van der Waals surface area contributed by atoms with Gasteiger partial charge in [0.05, 0.1) is 16.8 Å².